The van der Waals surface area contributed by atoms with Crippen LogP contribution in [0.5, 0.6) is 0 Å². The fraction of sp³-hybridized carbons (Fsp3) is 0.370. The Bertz CT molecular complexity index is 6540. The van der Waals surface area contributed by atoms with Crippen molar-refractivity contribution in [2.24, 2.45) is 14.1 Å². The second-order valence-electron chi connectivity index (χ2n) is 33.2. The summed E-state index contributed by atoms with van der Waals surface area (Å²) in [7, 11) is -4.09. The second-order valence-corrected chi connectivity index (χ2v) is 37.5. The average molecular weight is 1790 g/mol. The number of benzene rings is 8. The van der Waals surface area contributed by atoms with Gasteiger partial charge in [-0.05, 0) is 229 Å². The standard InChI is InChI=1S/C24H18F5N3O.C24H19F4N3O.C22H19ClF3NO2S.C22H19F4NO2S/c1-32-19(4-5-31-32)14-3-2-13(17-9-24(28,29)23(33)21(14)17)15-8-18(26)22(27)16-7-12(25)6-11(10-30)20(15)16;1-31-20(4-5-30-31)23-18(27)8-14(15-9-19(28)24(32)22(15)23)13-2-3-17(26)16-7-12(25)6-11(10-29)21(13)16;1-10-19(26)8-15-14(7-17(23)22(20(10)15)30(2,28)29)13-3-4-18(25)16-6-12(24)5-11(9-27)21(13)16;1-10-17(24)7-14-13(3-4-19(20(10)14)30(2,28)29)15-8-18(25)22(26)16-6-12(23)5-11(9-27)21(15)16/h2-7,15,18,22-23,33H,8-9H2,1H3;4-8,13,17,19,24,32H,2-3,9H2,1H3;5-7,10,13,18-19H,3-4,8H2,1-2H3;3-6,10,15,17-18,22H,7-8H2,1-2H3/t15-,18+,22-,23+;13-,17+,19-,24-;10-,13-,18+,19-;10-,15-,17-,18+,22-/m1111/s1. The predicted octanol–water partition coefficient (Wildman–Crippen LogP) is 21.0. The Labute approximate surface area is 712 Å². The van der Waals surface area contributed by atoms with Crippen LogP contribution in [0.3, 0.4) is 0 Å². The normalized spacial score (nSPS) is 25.7. The maximum atomic E-state index is 15.5. The molecule has 8 aliphatic carbocycles. The van der Waals surface area contributed by atoms with Crippen molar-refractivity contribution < 1.29 is 97.3 Å². The van der Waals surface area contributed by atoms with Gasteiger partial charge in [-0.2, -0.15) is 31.2 Å². The van der Waals surface area contributed by atoms with E-state index in [9.17, 15) is 114 Å². The fourth-order valence-electron chi connectivity index (χ4n) is 20.3. The zero-order chi connectivity index (χ0) is 90.3. The van der Waals surface area contributed by atoms with E-state index in [1.54, 1.807) is 52.2 Å². The van der Waals surface area contributed by atoms with Gasteiger partial charge in [0.05, 0.1) is 72.7 Å². The molecule has 0 bridgehead atoms. The van der Waals surface area contributed by atoms with Crippen LogP contribution in [0.25, 0.3) is 22.5 Å². The summed E-state index contributed by atoms with van der Waals surface area (Å²) in [5.74, 6) is -11.5. The summed E-state index contributed by atoms with van der Waals surface area (Å²) in [4.78, 5) is -0.0562. The number of nitrogens with zero attached hydrogens (tertiary/aromatic N) is 8. The summed E-state index contributed by atoms with van der Waals surface area (Å²) in [6.07, 6.45) is -14.7. The lowest BCUT2D eigenvalue weighted by molar-refractivity contribution is -0.0966. The molecule has 0 amide bonds. The Balaban J connectivity index is 0.000000129. The number of fused-ring (bicyclic) bond motifs is 8. The molecule has 0 saturated carbocycles. The lowest BCUT2D eigenvalue weighted by Crippen LogP contribution is -2.25. The third-order valence-electron chi connectivity index (χ3n) is 25.8. The molecule has 14 nitrogen and oxygen atoms in total. The summed E-state index contributed by atoms with van der Waals surface area (Å²) in [5, 5.41) is 67.4. The van der Waals surface area contributed by atoms with Gasteiger partial charge < -0.3 is 10.2 Å². The van der Waals surface area contributed by atoms with E-state index >= 15 is 4.39 Å². The summed E-state index contributed by atoms with van der Waals surface area (Å²) in [6.45, 7) is 3.21. The first-order valence-electron chi connectivity index (χ1n) is 39.9. The Kier molecular flexibility index (Phi) is 23.8. The zero-order valence-electron chi connectivity index (χ0n) is 67.1. The topological polar surface area (TPSA) is 240 Å². The number of aryl methyl sites for hydroxylation is 2. The quantitative estimate of drug-likeness (QED) is 0.135. The monoisotopic (exact) mass is 1790 g/mol. The number of hydrogen-bond donors (Lipinski definition) is 2. The average Bonchev–Trinajstić information content (AvgIpc) is 1.63. The summed E-state index contributed by atoms with van der Waals surface area (Å²) >= 11 is 6.38. The smallest absolute Gasteiger partial charge is 0.281 e. The first-order chi connectivity index (χ1) is 59.0. The van der Waals surface area contributed by atoms with Crippen molar-refractivity contribution in [3.8, 4) is 46.8 Å². The van der Waals surface area contributed by atoms with Crippen molar-refractivity contribution in [1.82, 2.24) is 19.6 Å². The Morgan fingerprint density at radius 1 is 0.448 bits per heavy atom. The summed E-state index contributed by atoms with van der Waals surface area (Å²) in [5.41, 5.74) is 5.85. The Morgan fingerprint density at radius 2 is 0.856 bits per heavy atom. The molecule has 10 aromatic rings. The Hall–Kier alpha value is -10.9. The highest BCUT2D eigenvalue weighted by molar-refractivity contribution is 7.91. The molecule has 0 unspecified atom stereocenters. The van der Waals surface area contributed by atoms with Crippen molar-refractivity contribution in [3.63, 3.8) is 0 Å². The van der Waals surface area contributed by atoms with E-state index in [2.05, 4.69) is 10.2 Å². The van der Waals surface area contributed by atoms with Gasteiger partial charge in [0, 0.05) is 111 Å². The molecule has 0 spiro atoms. The van der Waals surface area contributed by atoms with Gasteiger partial charge in [-0.1, -0.05) is 43.6 Å². The SMILES string of the molecule is C[C@H]1c2c(S(C)(=O)=O)ccc([C@H]3C[C@H](F)[C@H](F)c4cc(F)cc(C#N)c43)c2C[C@H]1F.C[C@H]1c2c(c([C@H]3CC[C@H](F)c4cc(F)cc(C#N)c43)cc(Cl)c2S(C)(=O)=O)C[C@H]1F.Cn1nccc1-c1c(F)cc([C@H]2CC[C@H](F)c3cc(F)cc(C#N)c32)c2c1[C@H](O)[C@H](F)C2.Cn1nccc1-c1ccc([C@H]2C[C@H](F)[C@H](F)c3cc(F)cc(C#N)c32)c2c1[C@H](O)C(F)(F)C2. The van der Waals surface area contributed by atoms with Crippen LogP contribution in [0.1, 0.15) is 258 Å². The lowest BCUT2D eigenvalue weighted by atomic mass is 9.73. The van der Waals surface area contributed by atoms with Crippen LogP contribution in [0.15, 0.2) is 119 Å². The first kappa shape index (κ1) is 89.0. The minimum atomic E-state index is -3.71. The molecule has 2 heterocycles. The number of nitriles is 4. The van der Waals surface area contributed by atoms with Crippen LogP contribution in [-0.2, 0) is 59.5 Å². The molecule has 2 aromatic heterocycles. The maximum Gasteiger partial charge on any atom is 0.281 e. The number of aliphatic hydroxyl groups excluding tert-OH is 2. The molecule has 125 heavy (non-hydrogen) atoms. The molecule has 0 aliphatic heterocycles. The molecule has 18 rings (SSSR count). The molecule has 650 valence electrons. The van der Waals surface area contributed by atoms with Gasteiger partial charge in [0.2, 0.25) is 0 Å². The van der Waals surface area contributed by atoms with Crippen LogP contribution in [0, 0.1) is 74.4 Å². The molecule has 0 fully saturated rings. The van der Waals surface area contributed by atoms with Gasteiger partial charge in [-0.3, -0.25) is 9.36 Å². The van der Waals surface area contributed by atoms with Crippen LogP contribution in [0.4, 0.5) is 70.2 Å². The number of rotatable bonds is 8. The number of halogens is 17. The third kappa shape index (κ3) is 15.5. The van der Waals surface area contributed by atoms with E-state index in [1.165, 1.54) is 46.0 Å². The van der Waals surface area contributed by atoms with Gasteiger partial charge in [0.15, 0.2) is 32.0 Å². The molecule has 2 N–H and O–H groups in total. The zero-order valence-corrected chi connectivity index (χ0v) is 69.5. The minimum Gasteiger partial charge on any atom is -0.385 e. The highest BCUT2D eigenvalue weighted by Gasteiger charge is 2.52. The van der Waals surface area contributed by atoms with Gasteiger partial charge in [0.1, 0.15) is 84.5 Å². The number of alkyl halides is 11. The third-order valence-corrected chi connectivity index (χ3v) is 28.6. The van der Waals surface area contributed by atoms with Crippen molar-refractivity contribution in [1.29, 1.82) is 21.0 Å². The molecular weight excluding hydrogens is 1720 g/mol. The highest BCUT2D eigenvalue weighted by atomic mass is 35.5. The van der Waals surface area contributed by atoms with E-state index in [4.69, 9.17) is 11.6 Å². The molecule has 33 heteroatoms. The molecule has 17 atom stereocenters. The highest BCUT2D eigenvalue weighted by Crippen LogP contribution is 2.58. The van der Waals surface area contributed by atoms with Crippen molar-refractivity contribution in [2.75, 3.05) is 12.5 Å². The largest absolute Gasteiger partial charge is 0.385 e. The maximum absolute atomic E-state index is 15.5. The molecular formula is C92H75ClF16N8O6S2. The molecule has 8 aromatic carbocycles. The van der Waals surface area contributed by atoms with Crippen molar-refractivity contribution >= 4 is 31.3 Å². The first-order valence-corrected chi connectivity index (χ1v) is 44.0. The number of aromatic nitrogens is 4. The van der Waals surface area contributed by atoms with Gasteiger partial charge in [0.25, 0.3) is 5.92 Å². The van der Waals surface area contributed by atoms with Gasteiger partial charge in [-0.25, -0.2) is 87.1 Å². The predicted molar refractivity (Wildman–Crippen MR) is 427 cm³/mol. The van der Waals surface area contributed by atoms with E-state index in [0.717, 1.165) is 61.0 Å². The van der Waals surface area contributed by atoms with E-state index in [1.807, 2.05) is 24.3 Å². The van der Waals surface area contributed by atoms with Crippen LogP contribution in [0.2, 0.25) is 5.02 Å². The molecule has 0 radical (unpaired) electrons. The number of hydrogen-bond acceptors (Lipinski definition) is 12. The van der Waals surface area contributed by atoms with Crippen LogP contribution in [-0.4, -0.2) is 95.9 Å². The second kappa shape index (κ2) is 33.5. The lowest BCUT2D eigenvalue weighted by Gasteiger charge is -2.33. The van der Waals surface area contributed by atoms with Crippen molar-refractivity contribution in [3.05, 3.63) is 277 Å². The number of sulfone groups is 2. The van der Waals surface area contributed by atoms with E-state index in [-0.39, 0.29) is 143 Å². The minimum absolute atomic E-state index is 0.000972. The number of aliphatic hydroxyl groups is 2. The van der Waals surface area contributed by atoms with Gasteiger partial charge in [-0.15, -0.1) is 0 Å². The Morgan fingerprint density at radius 3 is 1.30 bits per heavy atom. The van der Waals surface area contributed by atoms with E-state index < -0.39 is 171 Å². The van der Waals surface area contributed by atoms with Crippen LogP contribution < -0.4 is 0 Å². The van der Waals surface area contributed by atoms with E-state index in [0.29, 0.717) is 79.0 Å². The summed E-state index contributed by atoms with van der Waals surface area (Å²) < 4.78 is 285. The fourth-order valence-corrected chi connectivity index (χ4v) is 23.1. The summed E-state index contributed by atoms with van der Waals surface area (Å²) in [6, 6.07) is 27.4. The van der Waals surface area contributed by atoms with Crippen LogP contribution >= 0.6 is 11.6 Å². The van der Waals surface area contributed by atoms with Crippen molar-refractivity contribution in [2.45, 2.75) is 197 Å². The molecule has 0 saturated heterocycles. The van der Waals surface area contributed by atoms with Gasteiger partial charge >= 0.3 is 0 Å². The molecule has 8 aliphatic rings.